The first-order chi connectivity index (χ1) is 11.1. The van der Waals surface area contributed by atoms with Crippen molar-refractivity contribution in [3.63, 3.8) is 0 Å². The molecule has 1 fully saturated rings. The number of methoxy groups -OCH3 is 1. The monoisotopic (exact) mass is 333 g/mol. The number of carbonyl (C=O) groups excluding carboxylic acids is 1. The number of amides is 1. The number of ether oxygens (including phenoxy) is 1. The molecule has 6 heteroatoms. The van der Waals surface area contributed by atoms with E-state index in [0.717, 1.165) is 10.1 Å². The molecule has 122 valence electrons. The number of benzene rings is 1. The summed E-state index contributed by atoms with van der Waals surface area (Å²) in [6, 6.07) is 7.78. The maximum atomic E-state index is 12.9. The van der Waals surface area contributed by atoms with Gasteiger partial charge >= 0.3 is 5.97 Å². The van der Waals surface area contributed by atoms with Crippen molar-refractivity contribution in [3.8, 4) is 0 Å². The van der Waals surface area contributed by atoms with Crippen LogP contribution in [0.15, 0.2) is 29.6 Å². The van der Waals surface area contributed by atoms with Gasteiger partial charge in [0.25, 0.3) is 5.91 Å². The van der Waals surface area contributed by atoms with Gasteiger partial charge in [0.1, 0.15) is 5.41 Å². The van der Waals surface area contributed by atoms with Gasteiger partial charge in [-0.25, -0.2) is 0 Å². The van der Waals surface area contributed by atoms with Gasteiger partial charge in [-0.05, 0) is 18.9 Å². The fraction of sp³-hybridized carbons (Fsp3) is 0.412. The third kappa shape index (κ3) is 2.84. The molecule has 1 atom stereocenters. The Morgan fingerprint density at radius 2 is 2.17 bits per heavy atom. The zero-order valence-electron chi connectivity index (χ0n) is 12.9. The summed E-state index contributed by atoms with van der Waals surface area (Å²) in [5.41, 5.74) is -0.349. The summed E-state index contributed by atoms with van der Waals surface area (Å²) in [5, 5.41) is 12.4. The summed E-state index contributed by atoms with van der Waals surface area (Å²) in [6.07, 6.45) is 1.20. The van der Waals surface area contributed by atoms with Gasteiger partial charge in [-0.1, -0.05) is 18.2 Å². The highest BCUT2D eigenvalue weighted by atomic mass is 32.1. The largest absolute Gasteiger partial charge is 0.481 e. The molecule has 2 heterocycles. The number of aliphatic carboxylic acids is 1. The van der Waals surface area contributed by atoms with E-state index in [9.17, 15) is 14.7 Å². The van der Waals surface area contributed by atoms with Crippen LogP contribution in [0.3, 0.4) is 0 Å². The van der Waals surface area contributed by atoms with Crippen LogP contribution >= 0.6 is 11.3 Å². The lowest BCUT2D eigenvalue weighted by Gasteiger charge is -2.39. The molecule has 0 radical (unpaired) electrons. The van der Waals surface area contributed by atoms with Crippen molar-refractivity contribution in [2.75, 3.05) is 26.8 Å². The number of thiophene rings is 1. The fourth-order valence-electron chi connectivity index (χ4n) is 3.25. The molecule has 3 rings (SSSR count). The predicted octanol–water partition coefficient (Wildman–Crippen LogP) is 2.85. The molecule has 1 aromatic carbocycles. The Bertz CT molecular complexity index is 737. The van der Waals surface area contributed by atoms with Crippen LogP contribution in [0.2, 0.25) is 0 Å². The minimum Gasteiger partial charge on any atom is -0.481 e. The number of piperidine rings is 1. The number of likely N-dealkylation sites (tertiary alicyclic amines) is 1. The third-order valence-electron chi connectivity index (χ3n) is 4.45. The van der Waals surface area contributed by atoms with E-state index in [2.05, 4.69) is 0 Å². The molecule has 0 aliphatic carbocycles. The number of rotatable bonds is 4. The first-order valence-corrected chi connectivity index (χ1v) is 8.43. The summed E-state index contributed by atoms with van der Waals surface area (Å²) < 4.78 is 6.18. The van der Waals surface area contributed by atoms with E-state index in [-0.39, 0.29) is 19.1 Å². The van der Waals surface area contributed by atoms with Crippen molar-refractivity contribution in [2.45, 2.75) is 12.8 Å². The average molecular weight is 333 g/mol. The second-order valence-electron chi connectivity index (χ2n) is 5.99. The molecule has 0 bridgehead atoms. The molecule has 23 heavy (non-hydrogen) atoms. The van der Waals surface area contributed by atoms with Crippen LogP contribution in [0, 0.1) is 5.41 Å². The van der Waals surface area contributed by atoms with Gasteiger partial charge in [0.15, 0.2) is 0 Å². The Kier molecular flexibility index (Phi) is 4.37. The zero-order valence-corrected chi connectivity index (χ0v) is 13.8. The number of hydrogen-bond donors (Lipinski definition) is 1. The third-order valence-corrected chi connectivity index (χ3v) is 5.41. The Hall–Kier alpha value is -1.92. The van der Waals surface area contributed by atoms with Crippen LogP contribution in [0.1, 0.15) is 23.2 Å². The first kappa shape index (κ1) is 16.0. The zero-order chi connectivity index (χ0) is 16.4. The quantitative estimate of drug-likeness (QED) is 0.934. The van der Waals surface area contributed by atoms with Crippen LogP contribution < -0.4 is 0 Å². The number of carbonyl (C=O) groups is 2. The van der Waals surface area contributed by atoms with E-state index in [1.165, 1.54) is 18.4 Å². The van der Waals surface area contributed by atoms with Crippen LogP contribution in [0.4, 0.5) is 0 Å². The topological polar surface area (TPSA) is 66.8 Å². The maximum Gasteiger partial charge on any atom is 0.313 e. The number of carboxylic acid groups (broad SMARTS) is 1. The number of carboxylic acids is 1. The van der Waals surface area contributed by atoms with Gasteiger partial charge in [-0.3, -0.25) is 9.59 Å². The Labute approximate surface area is 138 Å². The van der Waals surface area contributed by atoms with Crippen LogP contribution in [0.25, 0.3) is 10.1 Å². The first-order valence-electron chi connectivity index (χ1n) is 7.55. The average Bonchev–Trinajstić information content (AvgIpc) is 2.98. The summed E-state index contributed by atoms with van der Waals surface area (Å²) in [5.74, 6) is -0.990. The van der Waals surface area contributed by atoms with E-state index >= 15 is 0 Å². The van der Waals surface area contributed by atoms with Crippen molar-refractivity contribution in [3.05, 3.63) is 35.2 Å². The molecule has 1 aliphatic heterocycles. The van der Waals surface area contributed by atoms with Crippen molar-refractivity contribution < 1.29 is 19.4 Å². The van der Waals surface area contributed by atoms with E-state index < -0.39 is 11.4 Å². The summed E-state index contributed by atoms with van der Waals surface area (Å²) >= 11 is 1.53. The lowest BCUT2D eigenvalue weighted by Crippen LogP contribution is -2.52. The lowest BCUT2D eigenvalue weighted by molar-refractivity contribution is -0.155. The van der Waals surface area contributed by atoms with Gasteiger partial charge in [-0.15, -0.1) is 11.3 Å². The minimum absolute atomic E-state index is 0.0936. The standard InChI is InChI=1S/C17H19NO4S/c1-22-11-17(16(20)21)7-4-8-18(10-17)15(19)13-9-23-14-6-3-2-5-12(13)14/h2-3,5-6,9H,4,7-8,10-11H2,1H3,(H,20,21). The molecule has 0 spiro atoms. The number of nitrogens with zero attached hydrogens (tertiary/aromatic N) is 1. The highest BCUT2D eigenvalue weighted by molar-refractivity contribution is 7.17. The molecular weight excluding hydrogens is 314 g/mol. The van der Waals surface area contributed by atoms with Gasteiger partial charge in [0.2, 0.25) is 0 Å². The fourth-order valence-corrected chi connectivity index (χ4v) is 4.18. The molecule has 0 saturated carbocycles. The van der Waals surface area contributed by atoms with Crippen molar-refractivity contribution >= 4 is 33.3 Å². The summed E-state index contributed by atoms with van der Waals surface area (Å²) in [6.45, 7) is 0.900. The van der Waals surface area contributed by atoms with Crippen LogP contribution in [-0.2, 0) is 9.53 Å². The van der Waals surface area contributed by atoms with E-state index in [0.29, 0.717) is 24.9 Å². The Morgan fingerprint density at radius 1 is 1.39 bits per heavy atom. The highest BCUT2D eigenvalue weighted by Gasteiger charge is 2.44. The molecule has 1 aromatic heterocycles. The summed E-state index contributed by atoms with van der Waals surface area (Å²) in [7, 11) is 1.50. The maximum absolute atomic E-state index is 12.9. The van der Waals surface area contributed by atoms with Gasteiger partial charge in [0, 0.05) is 35.7 Å². The van der Waals surface area contributed by atoms with Crippen LogP contribution in [-0.4, -0.2) is 48.7 Å². The van der Waals surface area contributed by atoms with Crippen molar-refractivity contribution in [1.29, 1.82) is 0 Å². The van der Waals surface area contributed by atoms with E-state index in [4.69, 9.17) is 4.74 Å². The van der Waals surface area contributed by atoms with Gasteiger partial charge in [0.05, 0.1) is 12.2 Å². The second-order valence-corrected chi connectivity index (χ2v) is 6.91. The number of hydrogen-bond acceptors (Lipinski definition) is 4. The molecule has 2 aromatic rings. The van der Waals surface area contributed by atoms with Crippen molar-refractivity contribution in [1.82, 2.24) is 4.90 Å². The molecule has 1 saturated heterocycles. The van der Waals surface area contributed by atoms with E-state index in [1.54, 1.807) is 4.90 Å². The van der Waals surface area contributed by atoms with Crippen molar-refractivity contribution in [2.24, 2.45) is 5.41 Å². The Morgan fingerprint density at radius 3 is 2.91 bits per heavy atom. The predicted molar refractivity (Wildman–Crippen MR) is 88.9 cm³/mol. The highest BCUT2D eigenvalue weighted by Crippen LogP contribution is 2.33. The Balaban J connectivity index is 1.89. The normalized spacial score (nSPS) is 21.5. The lowest BCUT2D eigenvalue weighted by atomic mass is 9.80. The smallest absolute Gasteiger partial charge is 0.313 e. The molecule has 1 unspecified atom stereocenters. The van der Waals surface area contributed by atoms with Gasteiger partial charge < -0.3 is 14.7 Å². The summed E-state index contributed by atoms with van der Waals surface area (Å²) in [4.78, 5) is 26.3. The van der Waals surface area contributed by atoms with Crippen LogP contribution in [0.5, 0.6) is 0 Å². The van der Waals surface area contributed by atoms with E-state index in [1.807, 2.05) is 29.6 Å². The molecule has 1 amide bonds. The second kappa shape index (κ2) is 6.29. The molecular formula is C17H19NO4S. The van der Waals surface area contributed by atoms with Gasteiger partial charge in [-0.2, -0.15) is 0 Å². The molecule has 1 aliphatic rings. The number of fused-ring (bicyclic) bond motifs is 1. The SMILES string of the molecule is COCC1(C(=O)O)CCCN(C(=O)c2csc3ccccc23)C1. The molecule has 5 nitrogen and oxygen atoms in total. The molecule has 1 N–H and O–H groups in total. The minimum atomic E-state index is -1.01.